The molecule has 3 heteroatoms. The molecule has 0 aliphatic rings. The van der Waals surface area contributed by atoms with Crippen molar-refractivity contribution in [2.45, 2.75) is 6.04 Å². The van der Waals surface area contributed by atoms with Crippen molar-refractivity contribution >= 4 is 11.6 Å². The summed E-state index contributed by atoms with van der Waals surface area (Å²) in [5, 5.41) is 9.14. The Hall–Kier alpha value is -1.30. The third-order valence-electron chi connectivity index (χ3n) is 1.75. The average molecular weight is 193 g/mol. The molecule has 1 aromatic carbocycles. The van der Waals surface area contributed by atoms with Gasteiger partial charge in [-0.1, -0.05) is 23.7 Å². The molecule has 0 spiro atoms. The van der Waals surface area contributed by atoms with Crippen LogP contribution >= 0.6 is 11.6 Å². The van der Waals surface area contributed by atoms with Gasteiger partial charge in [-0.2, -0.15) is 5.26 Å². The molecular formula is C10H9ClN2. The highest BCUT2D eigenvalue weighted by atomic mass is 35.5. The van der Waals surface area contributed by atoms with Crippen molar-refractivity contribution in [3.05, 3.63) is 47.0 Å². The first-order valence-corrected chi connectivity index (χ1v) is 4.14. The SMILES string of the molecule is C=C[C@@H](N)c1ccc(Cl)c(C#N)c1. The summed E-state index contributed by atoms with van der Waals surface area (Å²) < 4.78 is 0. The lowest BCUT2D eigenvalue weighted by molar-refractivity contribution is 0.914. The molecule has 2 N–H and O–H groups in total. The summed E-state index contributed by atoms with van der Waals surface area (Å²) in [6.07, 6.45) is 1.62. The van der Waals surface area contributed by atoms with E-state index < -0.39 is 0 Å². The lowest BCUT2D eigenvalue weighted by atomic mass is 10.1. The van der Waals surface area contributed by atoms with Crippen LogP contribution in [0.15, 0.2) is 30.9 Å². The van der Waals surface area contributed by atoms with Gasteiger partial charge in [-0.25, -0.2) is 0 Å². The summed E-state index contributed by atoms with van der Waals surface area (Å²) in [4.78, 5) is 0. The minimum Gasteiger partial charge on any atom is -0.321 e. The van der Waals surface area contributed by atoms with E-state index in [1.807, 2.05) is 6.07 Å². The molecule has 2 nitrogen and oxygen atoms in total. The van der Waals surface area contributed by atoms with Crippen molar-refractivity contribution in [2.24, 2.45) is 5.73 Å². The van der Waals surface area contributed by atoms with E-state index in [4.69, 9.17) is 22.6 Å². The monoisotopic (exact) mass is 192 g/mol. The van der Waals surface area contributed by atoms with Crippen LogP contribution < -0.4 is 5.73 Å². The zero-order valence-corrected chi connectivity index (χ0v) is 7.75. The van der Waals surface area contributed by atoms with Gasteiger partial charge in [0, 0.05) is 6.04 Å². The molecule has 0 saturated heterocycles. The standard InChI is InChI=1S/C10H9ClN2/c1-2-10(13)7-3-4-9(11)8(5-7)6-12/h2-5,10H,1,13H2/t10-/m1/s1. The molecule has 1 aromatic rings. The highest BCUT2D eigenvalue weighted by Crippen LogP contribution is 2.20. The Morgan fingerprint density at radius 1 is 1.62 bits per heavy atom. The number of nitrogens with two attached hydrogens (primary N) is 1. The lowest BCUT2D eigenvalue weighted by Crippen LogP contribution is -2.06. The van der Waals surface area contributed by atoms with E-state index in [-0.39, 0.29) is 6.04 Å². The van der Waals surface area contributed by atoms with Crippen LogP contribution in [0, 0.1) is 11.3 Å². The first kappa shape index (κ1) is 9.79. The first-order chi connectivity index (χ1) is 6.19. The number of nitriles is 1. The summed E-state index contributed by atoms with van der Waals surface area (Å²) in [6.45, 7) is 3.57. The maximum atomic E-state index is 8.70. The molecule has 1 rings (SSSR count). The van der Waals surface area contributed by atoms with E-state index in [0.29, 0.717) is 10.6 Å². The van der Waals surface area contributed by atoms with E-state index in [1.165, 1.54) is 0 Å². The fourth-order valence-corrected chi connectivity index (χ4v) is 1.13. The Morgan fingerprint density at radius 2 is 2.31 bits per heavy atom. The second-order valence-electron chi connectivity index (χ2n) is 2.61. The largest absolute Gasteiger partial charge is 0.321 e. The van der Waals surface area contributed by atoms with Crippen molar-refractivity contribution in [1.29, 1.82) is 5.26 Å². The van der Waals surface area contributed by atoms with Crippen LogP contribution in [0.1, 0.15) is 17.2 Å². The van der Waals surface area contributed by atoms with Crippen LogP contribution in [-0.2, 0) is 0 Å². The Kier molecular flexibility index (Phi) is 3.07. The second-order valence-corrected chi connectivity index (χ2v) is 3.02. The molecule has 0 radical (unpaired) electrons. The molecule has 1 atom stereocenters. The van der Waals surface area contributed by atoms with Gasteiger partial charge in [0.2, 0.25) is 0 Å². The minimum atomic E-state index is -0.246. The fraction of sp³-hybridized carbons (Fsp3) is 0.100. The van der Waals surface area contributed by atoms with Crippen LogP contribution in [0.25, 0.3) is 0 Å². The maximum Gasteiger partial charge on any atom is 0.101 e. The van der Waals surface area contributed by atoms with Gasteiger partial charge >= 0.3 is 0 Å². The molecule has 0 bridgehead atoms. The normalized spacial score (nSPS) is 11.8. The van der Waals surface area contributed by atoms with Gasteiger partial charge in [0.15, 0.2) is 0 Å². The summed E-state index contributed by atoms with van der Waals surface area (Å²) >= 11 is 5.76. The predicted octanol–water partition coefficient (Wildman–Crippen LogP) is 2.40. The number of hydrogen-bond acceptors (Lipinski definition) is 2. The van der Waals surface area contributed by atoms with Crippen molar-refractivity contribution in [3.63, 3.8) is 0 Å². The molecule has 66 valence electrons. The quantitative estimate of drug-likeness (QED) is 0.732. The fourth-order valence-electron chi connectivity index (χ4n) is 0.972. The molecule has 0 aromatic heterocycles. The number of benzene rings is 1. The Balaban J connectivity index is 3.15. The van der Waals surface area contributed by atoms with E-state index in [9.17, 15) is 0 Å². The molecule has 0 aliphatic carbocycles. The summed E-state index contributed by atoms with van der Waals surface area (Å²) in [5.41, 5.74) is 6.98. The third kappa shape index (κ3) is 2.09. The van der Waals surface area contributed by atoms with Crippen LogP contribution in [0.4, 0.5) is 0 Å². The van der Waals surface area contributed by atoms with Gasteiger partial charge in [-0.05, 0) is 17.7 Å². The van der Waals surface area contributed by atoms with E-state index in [1.54, 1.807) is 24.3 Å². The average Bonchev–Trinajstić information content (AvgIpc) is 2.17. The van der Waals surface area contributed by atoms with Crippen LogP contribution in [0.3, 0.4) is 0 Å². The highest BCUT2D eigenvalue weighted by molar-refractivity contribution is 6.31. The zero-order chi connectivity index (χ0) is 9.84. The van der Waals surface area contributed by atoms with Crippen molar-refractivity contribution in [1.82, 2.24) is 0 Å². The van der Waals surface area contributed by atoms with Crippen LogP contribution in [0.2, 0.25) is 5.02 Å². The third-order valence-corrected chi connectivity index (χ3v) is 2.08. The number of rotatable bonds is 2. The van der Waals surface area contributed by atoms with Gasteiger partial charge in [0.05, 0.1) is 10.6 Å². The van der Waals surface area contributed by atoms with Crippen LogP contribution in [0.5, 0.6) is 0 Å². The zero-order valence-electron chi connectivity index (χ0n) is 7.00. The predicted molar refractivity (Wildman–Crippen MR) is 53.3 cm³/mol. The molecule has 0 amide bonds. The Bertz CT molecular complexity index is 366. The molecule has 0 fully saturated rings. The van der Waals surface area contributed by atoms with Gasteiger partial charge in [-0.3, -0.25) is 0 Å². The number of hydrogen-bond donors (Lipinski definition) is 1. The minimum absolute atomic E-state index is 0.246. The summed E-state index contributed by atoms with van der Waals surface area (Å²) in [7, 11) is 0. The van der Waals surface area contributed by atoms with Gasteiger partial charge in [0.25, 0.3) is 0 Å². The van der Waals surface area contributed by atoms with Gasteiger partial charge in [0.1, 0.15) is 6.07 Å². The van der Waals surface area contributed by atoms with Crippen molar-refractivity contribution in [3.8, 4) is 6.07 Å². The molecule has 0 saturated carbocycles. The van der Waals surface area contributed by atoms with E-state index in [0.717, 1.165) is 5.56 Å². The second kappa shape index (κ2) is 4.08. The number of nitrogens with zero attached hydrogens (tertiary/aromatic N) is 1. The molecule has 0 aliphatic heterocycles. The van der Waals surface area contributed by atoms with Gasteiger partial charge in [-0.15, -0.1) is 6.58 Å². The Morgan fingerprint density at radius 3 is 2.85 bits per heavy atom. The number of halogens is 1. The maximum absolute atomic E-state index is 8.70. The van der Waals surface area contributed by atoms with Crippen LogP contribution in [-0.4, -0.2) is 0 Å². The highest BCUT2D eigenvalue weighted by Gasteiger charge is 2.04. The molecule has 0 unspecified atom stereocenters. The Labute approximate surface area is 82.2 Å². The molecule has 0 heterocycles. The summed E-state index contributed by atoms with van der Waals surface area (Å²) in [5.74, 6) is 0. The van der Waals surface area contributed by atoms with E-state index in [2.05, 4.69) is 6.58 Å². The van der Waals surface area contributed by atoms with Crippen molar-refractivity contribution < 1.29 is 0 Å². The topological polar surface area (TPSA) is 49.8 Å². The van der Waals surface area contributed by atoms with E-state index >= 15 is 0 Å². The molecule has 13 heavy (non-hydrogen) atoms. The lowest BCUT2D eigenvalue weighted by Gasteiger charge is -2.06. The summed E-state index contributed by atoms with van der Waals surface area (Å²) in [6, 6.07) is 6.87. The van der Waals surface area contributed by atoms with Crippen molar-refractivity contribution in [2.75, 3.05) is 0 Å². The molecular weight excluding hydrogens is 184 g/mol. The first-order valence-electron chi connectivity index (χ1n) is 3.76. The van der Waals surface area contributed by atoms with Gasteiger partial charge < -0.3 is 5.73 Å². The smallest absolute Gasteiger partial charge is 0.101 e.